The maximum Gasteiger partial charge on any atom is 0.238 e. The van der Waals surface area contributed by atoms with Crippen LogP contribution in [0.25, 0.3) is 0 Å². The van der Waals surface area contributed by atoms with Gasteiger partial charge in [0, 0.05) is 18.0 Å². The molecule has 0 aromatic heterocycles. The van der Waals surface area contributed by atoms with E-state index < -0.39 is 0 Å². The molecular formula is C20H22Cl2N2OS. The van der Waals surface area contributed by atoms with Crippen LogP contribution in [0.2, 0.25) is 5.02 Å². The summed E-state index contributed by atoms with van der Waals surface area (Å²) in [5.74, 6) is 0.00977. The number of benzene rings is 2. The molecule has 138 valence electrons. The highest BCUT2D eigenvalue weighted by Crippen LogP contribution is 2.38. The molecule has 26 heavy (non-hydrogen) atoms. The Morgan fingerprint density at radius 2 is 1.88 bits per heavy atom. The largest absolute Gasteiger partial charge is 0.351 e. The Kier molecular flexibility index (Phi) is 8.52. The van der Waals surface area contributed by atoms with Crippen molar-refractivity contribution >= 4 is 41.7 Å². The van der Waals surface area contributed by atoms with E-state index in [-0.39, 0.29) is 23.6 Å². The number of hydrogen-bond acceptors (Lipinski definition) is 3. The number of halogens is 2. The third-order valence-electron chi connectivity index (χ3n) is 4.07. The van der Waals surface area contributed by atoms with Crippen molar-refractivity contribution < 1.29 is 4.79 Å². The van der Waals surface area contributed by atoms with Crippen molar-refractivity contribution in [3.8, 4) is 0 Å². The molecule has 1 aliphatic rings. The molecule has 1 aliphatic heterocycles. The molecule has 0 spiro atoms. The fraction of sp³-hybridized carbons (Fsp3) is 0.250. The number of amides is 1. The van der Waals surface area contributed by atoms with E-state index in [1.54, 1.807) is 0 Å². The molecule has 0 saturated carbocycles. The van der Waals surface area contributed by atoms with E-state index in [9.17, 15) is 4.79 Å². The van der Waals surface area contributed by atoms with Gasteiger partial charge >= 0.3 is 0 Å². The molecule has 1 heterocycles. The van der Waals surface area contributed by atoms with Crippen LogP contribution >= 0.6 is 35.8 Å². The lowest BCUT2D eigenvalue weighted by atomic mass is 10.1. The van der Waals surface area contributed by atoms with Gasteiger partial charge in [-0.2, -0.15) is 0 Å². The van der Waals surface area contributed by atoms with E-state index in [0.717, 1.165) is 30.0 Å². The summed E-state index contributed by atoms with van der Waals surface area (Å²) in [6.07, 6.45) is 3.14. The van der Waals surface area contributed by atoms with Crippen LogP contribution < -0.4 is 10.6 Å². The molecule has 0 saturated heterocycles. The summed E-state index contributed by atoms with van der Waals surface area (Å²) in [5, 5.41) is 6.71. The van der Waals surface area contributed by atoms with Crippen LogP contribution in [0.5, 0.6) is 0 Å². The van der Waals surface area contributed by atoms with Crippen LogP contribution in [-0.4, -0.2) is 25.5 Å². The molecule has 3 rings (SSSR count). The zero-order valence-electron chi connectivity index (χ0n) is 14.3. The predicted octanol–water partition coefficient (Wildman–Crippen LogP) is 4.63. The number of hydrogen-bond donors (Lipinski definition) is 2. The van der Waals surface area contributed by atoms with Gasteiger partial charge in [-0.3, -0.25) is 4.79 Å². The fourth-order valence-electron chi connectivity index (χ4n) is 2.69. The summed E-state index contributed by atoms with van der Waals surface area (Å²) in [4.78, 5) is 13.8. The molecule has 0 bridgehead atoms. The summed E-state index contributed by atoms with van der Waals surface area (Å²) in [7, 11) is 0. The highest BCUT2D eigenvalue weighted by atomic mass is 35.5. The van der Waals surface area contributed by atoms with Crippen molar-refractivity contribution in [2.75, 3.05) is 19.6 Å². The first kappa shape index (κ1) is 20.8. The minimum absolute atomic E-state index is 0. The van der Waals surface area contributed by atoms with Gasteiger partial charge in [-0.25, -0.2) is 0 Å². The Morgan fingerprint density at radius 1 is 1.15 bits per heavy atom. The predicted molar refractivity (Wildman–Crippen MR) is 112 cm³/mol. The average molecular weight is 409 g/mol. The smallest absolute Gasteiger partial charge is 0.238 e. The van der Waals surface area contributed by atoms with Gasteiger partial charge in [-0.05, 0) is 30.7 Å². The second-order valence-corrected chi connectivity index (χ2v) is 7.43. The maximum absolute atomic E-state index is 12.9. The van der Waals surface area contributed by atoms with Crippen LogP contribution in [0.4, 0.5) is 0 Å². The highest BCUT2D eigenvalue weighted by Gasteiger charge is 2.23. The fourth-order valence-corrected chi connectivity index (χ4v) is 4.04. The van der Waals surface area contributed by atoms with Gasteiger partial charge in [0.25, 0.3) is 0 Å². The van der Waals surface area contributed by atoms with Crippen LogP contribution in [0.3, 0.4) is 0 Å². The van der Waals surface area contributed by atoms with Crippen molar-refractivity contribution in [1.29, 1.82) is 0 Å². The zero-order valence-corrected chi connectivity index (χ0v) is 16.7. The average Bonchev–Trinajstić information content (AvgIpc) is 2.67. The van der Waals surface area contributed by atoms with E-state index in [0.29, 0.717) is 11.6 Å². The van der Waals surface area contributed by atoms with Gasteiger partial charge in [0.2, 0.25) is 5.91 Å². The van der Waals surface area contributed by atoms with Gasteiger partial charge in [-0.1, -0.05) is 65.7 Å². The number of nitrogens with one attached hydrogen (secondary N) is 2. The second-order valence-electron chi connectivity index (χ2n) is 5.87. The van der Waals surface area contributed by atoms with Crippen LogP contribution in [0, 0.1) is 0 Å². The summed E-state index contributed by atoms with van der Waals surface area (Å²) in [6, 6.07) is 17.5. The monoisotopic (exact) mass is 408 g/mol. The van der Waals surface area contributed by atoms with Crippen LogP contribution in [-0.2, 0) is 4.79 Å². The number of carbonyl (C=O) groups excluding carboxylic acids is 1. The first-order valence-electron chi connectivity index (χ1n) is 8.36. The summed E-state index contributed by atoms with van der Waals surface area (Å²) >= 11 is 7.78. The van der Waals surface area contributed by atoms with Gasteiger partial charge in [0.1, 0.15) is 5.25 Å². The van der Waals surface area contributed by atoms with E-state index in [4.69, 9.17) is 11.6 Å². The van der Waals surface area contributed by atoms with Crippen molar-refractivity contribution in [2.45, 2.75) is 16.6 Å². The van der Waals surface area contributed by atoms with Crippen molar-refractivity contribution in [1.82, 2.24) is 10.6 Å². The van der Waals surface area contributed by atoms with Crippen LogP contribution in [0.15, 0.2) is 71.1 Å². The summed E-state index contributed by atoms with van der Waals surface area (Å²) < 4.78 is 0. The molecule has 0 fully saturated rings. The van der Waals surface area contributed by atoms with Crippen molar-refractivity contribution in [3.63, 3.8) is 0 Å². The van der Waals surface area contributed by atoms with Gasteiger partial charge < -0.3 is 10.6 Å². The second kappa shape index (κ2) is 10.6. The Morgan fingerprint density at radius 3 is 2.58 bits per heavy atom. The van der Waals surface area contributed by atoms with E-state index in [2.05, 4.69) is 16.7 Å². The normalized spacial score (nSPS) is 14.7. The Hall–Kier alpha value is -1.46. The SMILES string of the molecule is Cl.O=C(NCC1=CCNCC1)C(Sc1ccccc1Cl)c1ccccc1. The third kappa shape index (κ3) is 5.78. The molecule has 1 atom stereocenters. The minimum Gasteiger partial charge on any atom is -0.351 e. The molecule has 0 radical (unpaired) electrons. The molecule has 1 amide bonds. The molecule has 6 heteroatoms. The minimum atomic E-state index is -0.330. The quantitative estimate of drug-likeness (QED) is 0.540. The zero-order chi connectivity index (χ0) is 17.5. The summed E-state index contributed by atoms with van der Waals surface area (Å²) in [5.41, 5.74) is 2.26. The first-order chi connectivity index (χ1) is 12.2. The lowest BCUT2D eigenvalue weighted by Gasteiger charge is -2.19. The van der Waals surface area contributed by atoms with Crippen LogP contribution in [0.1, 0.15) is 17.2 Å². The highest BCUT2D eigenvalue weighted by molar-refractivity contribution is 8.00. The molecular weight excluding hydrogens is 387 g/mol. The summed E-state index contributed by atoms with van der Waals surface area (Å²) in [6.45, 7) is 2.45. The molecule has 3 nitrogen and oxygen atoms in total. The van der Waals surface area contributed by atoms with Crippen molar-refractivity contribution in [3.05, 3.63) is 76.8 Å². The number of thioether (sulfide) groups is 1. The Labute approximate surface area is 170 Å². The standard InChI is InChI=1S/C20H21ClN2OS.ClH/c21-17-8-4-5-9-18(17)25-19(16-6-2-1-3-7-16)20(24)23-14-15-10-12-22-13-11-15;/h1-10,19,22H,11-14H2,(H,23,24);1H. The molecule has 1 unspecified atom stereocenters. The molecule has 2 aromatic rings. The number of carbonyl (C=O) groups is 1. The molecule has 0 aliphatic carbocycles. The van der Waals surface area contributed by atoms with E-state index in [1.807, 2.05) is 54.6 Å². The Bertz CT molecular complexity index is 752. The lowest BCUT2D eigenvalue weighted by Crippen LogP contribution is -2.32. The molecule has 2 N–H and O–H groups in total. The topological polar surface area (TPSA) is 41.1 Å². The Balaban J connectivity index is 0.00000243. The van der Waals surface area contributed by atoms with Gasteiger partial charge in [-0.15, -0.1) is 24.2 Å². The van der Waals surface area contributed by atoms with Gasteiger partial charge in [0.05, 0.1) is 5.02 Å². The number of rotatable bonds is 6. The third-order valence-corrected chi connectivity index (χ3v) is 5.84. The lowest BCUT2D eigenvalue weighted by molar-refractivity contribution is -0.120. The van der Waals surface area contributed by atoms with Gasteiger partial charge in [0.15, 0.2) is 0 Å². The van der Waals surface area contributed by atoms with Crippen molar-refractivity contribution in [2.24, 2.45) is 0 Å². The van der Waals surface area contributed by atoms with E-state index >= 15 is 0 Å². The van der Waals surface area contributed by atoms with E-state index in [1.165, 1.54) is 17.3 Å². The molecule has 2 aromatic carbocycles. The maximum atomic E-state index is 12.9. The first-order valence-corrected chi connectivity index (χ1v) is 9.62.